The van der Waals surface area contributed by atoms with E-state index in [0.717, 1.165) is 57.0 Å². The van der Waals surface area contributed by atoms with Gasteiger partial charge in [-0.15, -0.1) is 0 Å². The maximum Gasteiger partial charge on any atom is 0.103 e. The molecule has 0 saturated carbocycles. The van der Waals surface area contributed by atoms with E-state index in [2.05, 4.69) is 39.2 Å². The number of benzene rings is 1. The molecule has 2 N–H and O–H groups in total. The van der Waals surface area contributed by atoms with Gasteiger partial charge in [-0.1, -0.05) is 6.07 Å². The van der Waals surface area contributed by atoms with Gasteiger partial charge in [-0.2, -0.15) is 5.26 Å². The van der Waals surface area contributed by atoms with Crippen LogP contribution in [0.4, 0.5) is 11.4 Å². The van der Waals surface area contributed by atoms with Crippen LogP contribution in [-0.4, -0.2) is 33.9 Å². The number of rotatable bonds is 6. The third-order valence-corrected chi connectivity index (χ3v) is 5.43. The number of nitrogens with zero attached hydrogens (tertiary/aromatic N) is 4. The van der Waals surface area contributed by atoms with Crippen molar-refractivity contribution >= 4 is 34.4 Å². The number of nitrogens with one attached hydrogen (secondary N) is 2. The molecule has 0 aliphatic heterocycles. The molecule has 160 valence electrons. The van der Waals surface area contributed by atoms with Crippen molar-refractivity contribution in [3.8, 4) is 6.07 Å². The summed E-state index contributed by atoms with van der Waals surface area (Å²) in [5, 5.41) is 14.4. The molecule has 3 aromatic heterocycles. The number of anilines is 2. The molecule has 6 heteroatoms. The van der Waals surface area contributed by atoms with Crippen LogP contribution in [0.1, 0.15) is 33.8 Å². The van der Waals surface area contributed by atoms with Crippen LogP contribution in [0.25, 0.3) is 23.1 Å². The van der Waals surface area contributed by atoms with Gasteiger partial charge in [0.05, 0.1) is 22.6 Å². The van der Waals surface area contributed by atoms with Gasteiger partial charge < -0.3 is 15.2 Å². The van der Waals surface area contributed by atoms with E-state index in [-0.39, 0.29) is 0 Å². The number of hydrogen-bond acceptors (Lipinski definition) is 5. The lowest BCUT2D eigenvalue weighted by Gasteiger charge is -2.16. The van der Waals surface area contributed by atoms with Gasteiger partial charge in [0.1, 0.15) is 6.07 Å². The first-order valence-electron chi connectivity index (χ1n) is 10.5. The van der Waals surface area contributed by atoms with Crippen LogP contribution in [0.3, 0.4) is 0 Å². The Morgan fingerprint density at radius 2 is 1.97 bits per heavy atom. The number of aryl methyl sites for hydroxylation is 2. The zero-order valence-corrected chi connectivity index (χ0v) is 18.8. The lowest BCUT2D eigenvalue weighted by atomic mass is 10.0. The smallest absolute Gasteiger partial charge is 0.103 e. The summed E-state index contributed by atoms with van der Waals surface area (Å²) in [5.41, 5.74) is 7.99. The van der Waals surface area contributed by atoms with Crippen LogP contribution >= 0.6 is 0 Å². The molecule has 1 aromatic carbocycles. The van der Waals surface area contributed by atoms with E-state index in [9.17, 15) is 5.26 Å². The van der Waals surface area contributed by atoms with Gasteiger partial charge in [0.25, 0.3) is 0 Å². The fraction of sp³-hybridized carbons (Fsp3) is 0.192. The van der Waals surface area contributed by atoms with Crippen LogP contribution in [0.15, 0.2) is 48.8 Å². The fourth-order valence-electron chi connectivity index (χ4n) is 3.77. The lowest BCUT2D eigenvalue weighted by molar-refractivity contribution is 0.397. The van der Waals surface area contributed by atoms with E-state index in [0.29, 0.717) is 5.56 Å². The van der Waals surface area contributed by atoms with Crippen molar-refractivity contribution in [2.75, 3.05) is 19.4 Å². The van der Waals surface area contributed by atoms with Crippen LogP contribution in [0.2, 0.25) is 0 Å². The van der Waals surface area contributed by atoms with Gasteiger partial charge in [-0.25, -0.2) is 0 Å². The van der Waals surface area contributed by atoms with Crippen molar-refractivity contribution in [3.63, 3.8) is 0 Å². The molecule has 0 spiro atoms. The largest absolute Gasteiger partial charge is 0.361 e. The minimum atomic E-state index is 0.498. The van der Waals surface area contributed by atoms with Gasteiger partial charge in [-0.3, -0.25) is 9.97 Å². The molecule has 0 amide bonds. The molecule has 4 aromatic rings. The van der Waals surface area contributed by atoms with E-state index in [1.165, 1.54) is 0 Å². The molecular formula is C26H26N6. The standard InChI is InChI=1S/C26H26N6/c1-17-22-12-13-28-25(22)11-10-24(17)31-26-19(14-27)15-29-18(2)23(26)9-8-20-6-5-7-21(30-20)16-32(3)4/h5-13,15,28H,16H2,1-4H3,(H,29,31). The third kappa shape index (κ3) is 4.39. The van der Waals surface area contributed by atoms with E-state index in [4.69, 9.17) is 4.98 Å². The average Bonchev–Trinajstić information content (AvgIpc) is 3.25. The monoisotopic (exact) mass is 422 g/mol. The molecule has 0 radical (unpaired) electrons. The van der Waals surface area contributed by atoms with E-state index in [1.807, 2.05) is 69.7 Å². The molecular weight excluding hydrogens is 396 g/mol. The highest BCUT2D eigenvalue weighted by molar-refractivity contribution is 5.90. The quantitative estimate of drug-likeness (QED) is 0.433. The van der Waals surface area contributed by atoms with Crippen molar-refractivity contribution in [2.24, 2.45) is 0 Å². The summed E-state index contributed by atoms with van der Waals surface area (Å²) in [6.07, 6.45) is 7.51. The molecule has 0 fully saturated rings. The Morgan fingerprint density at radius 3 is 2.75 bits per heavy atom. The zero-order valence-electron chi connectivity index (χ0n) is 18.8. The Labute approximate surface area is 188 Å². The van der Waals surface area contributed by atoms with Crippen molar-refractivity contribution in [1.82, 2.24) is 19.9 Å². The van der Waals surface area contributed by atoms with Gasteiger partial charge >= 0.3 is 0 Å². The number of H-pyrrole nitrogens is 1. The van der Waals surface area contributed by atoms with Gasteiger partial charge in [0.15, 0.2) is 0 Å². The number of aromatic nitrogens is 3. The number of aromatic amines is 1. The predicted molar refractivity (Wildman–Crippen MR) is 131 cm³/mol. The minimum Gasteiger partial charge on any atom is -0.361 e. The second-order valence-corrected chi connectivity index (χ2v) is 8.08. The summed E-state index contributed by atoms with van der Waals surface area (Å²) < 4.78 is 0. The van der Waals surface area contributed by atoms with E-state index >= 15 is 0 Å². The molecule has 0 bridgehead atoms. The predicted octanol–water partition coefficient (Wildman–Crippen LogP) is 5.42. The Balaban J connectivity index is 1.74. The van der Waals surface area contributed by atoms with E-state index in [1.54, 1.807) is 6.20 Å². The maximum absolute atomic E-state index is 9.75. The highest BCUT2D eigenvalue weighted by Gasteiger charge is 2.13. The highest BCUT2D eigenvalue weighted by atomic mass is 15.1. The average molecular weight is 423 g/mol. The van der Waals surface area contributed by atoms with Gasteiger partial charge in [-0.05, 0) is 76.0 Å². The van der Waals surface area contributed by atoms with E-state index < -0.39 is 0 Å². The molecule has 0 unspecified atom stereocenters. The molecule has 4 rings (SSSR count). The molecule has 3 heterocycles. The first-order chi connectivity index (χ1) is 15.5. The first kappa shape index (κ1) is 21.3. The van der Waals surface area contributed by atoms with Crippen molar-refractivity contribution < 1.29 is 0 Å². The van der Waals surface area contributed by atoms with Crippen LogP contribution in [0.5, 0.6) is 0 Å². The normalized spacial score (nSPS) is 11.4. The van der Waals surface area contributed by atoms with Gasteiger partial charge in [0.2, 0.25) is 0 Å². The summed E-state index contributed by atoms with van der Waals surface area (Å²) in [5.74, 6) is 0. The Morgan fingerprint density at radius 1 is 1.12 bits per heavy atom. The van der Waals surface area contributed by atoms with Crippen molar-refractivity contribution in [3.05, 3.63) is 82.6 Å². The lowest BCUT2D eigenvalue weighted by Crippen LogP contribution is -2.11. The SMILES string of the molecule is Cc1ncc(C#N)c(Nc2ccc3[nH]ccc3c2C)c1C=Cc1cccc(CN(C)C)n1. The third-order valence-electron chi connectivity index (χ3n) is 5.43. The Hall–Kier alpha value is -3.95. The number of hydrogen-bond donors (Lipinski definition) is 2. The van der Waals surface area contributed by atoms with Crippen LogP contribution in [-0.2, 0) is 6.54 Å². The maximum atomic E-state index is 9.75. The second-order valence-electron chi connectivity index (χ2n) is 8.08. The number of pyridine rings is 2. The molecule has 0 aliphatic rings. The Bertz CT molecular complexity index is 1340. The topological polar surface area (TPSA) is 80.6 Å². The van der Waals surface area contributed by atoms with Crippen molar-refractivity contribution in [2.45, 2.75) is 20.4 Å². The summed E-state index contributed by atoms with van der Waals surface area (Å²) >= 11 is 0. The second kappa shape index (κ2) is 9.04. The highest BCUT2D eigenvalue weighted by Crippen LogP contribution is 2.32. The summed E-state index contributed by atoms with van der Waals surface area (Å²) in [6, 6.07) is 14.4. The minimum absolute atomic E-state index is 0.498. The molecule has 0 aliphatic carbocycles. The molecule has 6 nitrogen and oxygen atoms in total. The van der Waals surface area contributed by atoms with Crippen LogP contribution < -0.4 is 5.32 Å². The summed E-state index contributed by atoms with van der Waals surface area (Å²) in [6.45, 7) is 4.80. The van der Waals surface area contributed by atoms with Gasteiger partial charge in [0, 0.05) is 46.8 Å². The molecule has 0 atom stereocenters. The van der Waals surface area contributed by atoms with Crippen molar-refractivity contribution in [1.29, 1.82) is 5.26 Å². The fourth-order valence-corrected chi connectivity index (χ4v) is 3.77. The Kier molecular flexibility index (Phi) is 6.02. The first-order valence-corrected chi connectivity index (χ1v) is 10.5. The summed E-state index contributed by atoms with van der Waals surface area (Å²) in [4.78, 5) is 14.5. The van der Waals surface area contributed by atoms with Crippen LogP contribution in [0, 0.1) is 25.2 Å². The molecule has 0 saturated heterocycles. The molecule has 32 heavy (non-hydrogen) atoms. The summed E-state index contributed by atoms with van der Waals surface area (Å²) in [7, 11) is 4.05. The number of nitriles is 1. The number of fused-ring (bicyclic) bond motifs is 1. The zero-order chi connectivity index (χ0) is 22.7.